The highest BCUT2D eigenvalue weighted by Crippen LogP contribution is 2.52. The smallest absolute Gasteiger partial charge is 0.160 e. The molecule has 23 rings (SSSR count). The topological polar surface area (TPSA) is 77.3 Å². The molecular formula is C113H76N6. The highest BCUT2D eigenvalue weighted by molar-refractivity contribution is 6.26. The van der Waals surface area contributed by atoms with Crippen LogP contribution in [-0.4, -0.2) is 29.9 Å². The largest absolute Gasteiger partial charge is 0.228 e. The van der Waals surface area contributed by atoms with Crippen molar-refractivity contribution in [3.05, 3.63) is 436 Å². The Balaban J connectivity index is 0.000000111. The molecule has 0 saturated heterocycles. The van der Waals surface area contributed by atoms with E-state index in [9.17, 15) is 0 Å². The summed E-state index contributed by atoms with van der Waals surface area (Å²) in [5.74, 6) is 2.22. The summed E-state index contributed by atoms with van der Waals surface area (Å²) in [5.41, 5.74) is 26.9. The lowest BCUT2D eigenvalue weighted by Crippen LogP contribution is -2.15. The monoisotopic (exact) mass is 1520 g/mol. The number of nitrogens with zero attached hydrogens (tertiary/aromatic N) is 6. The van der Waals surface area contributed by atoms with Crippen molar-refractivity contribution in [1.29, 1.82) is 0 Å². The second-order valence-corrected chi connectivity index (χ2v) is 31.1. The molecule has 3 aromatic heterocycles. The van der Waals surface area contributed by atoms with Gasteiger partial charge in [0.25, 0.3) is 0 Å². The third-order valence-corrected chi connectivity index (χ3v) is 23.6. The summed E-state index contributed by atoms with van der Waals surface area (Å²) >= 11 is 0. The normalized spacial score (nSPS) is 12.0. The van der Waals surface area contributed by atoms with E-state index in [1.54, 1.807) is 0 Å². The molecule has 0 saturated carbocycles. The molecular weight excluding hydrogens is 1440 g/mol. The molecule has 19 aromatic carbocycles. The van der Waals surface area contributed by atoms with Gasteiger partial charge in [-0.2, -0.15) is 0 Å². The summed E-state index contributed by atoms with van der Waals surface area (Å²) in [6.45, 7) is 4.70. The quantitative estimate of drug-likeness (QED) is 0.127. The lowest BCUT2D eigenvalue weighted by molar-refractivity contribution is 0.661. The van der Waals surface area contributed by atoms with E-state index in [-0.39, 0.29) is 5.41 Å². The van der Waals surface area contributed by atoms with E-state index in [1.807, 2.05) is 72.8 Å². The Morgan fingerprint density at radius 1 is 0.160 bits per heavy atom. The standard InChI is InChI=1S/C39H28N2.C38H24N2.C36H24N2/c1-39(2)34-24-30(17-19-31(34)32-21-27-15-9-10-16-28(27)23-35(32)39)29-18-20-36-33(22-29)37(25-11-5-3-6-12-25)41-38(40-36)26-13-7-4-8-14-26;1-3-11-25(12-4-1)37-35-24-28(20-22-36(35)39-38(40-37)26-13-5-2-6-14-26)27-19-21-33-31-17-8-7-15-29(31)30-16-9-10-18-32(30)34(33)23-27;1-4-12-25(13-5-1)29-21-22-30(32-19-11-10-18-31(29)32)28-20-23-34-33(24-28)35(26-14-6-2-7-15-26)38-36(37-34)27-16-8-3-9-17-27/h3-24H,1-2H3;1-24H;1-24H. The van der Waals surface area contributed by atoms with Crippen LogP contribution in [0.2, 0.25) is 0 Å². The first-order valence-corrected chi connectivity index (χ1v) is 40.6. The summed E-state index contributed by atoms with van der Waals surface area (Å²) < 4.78 is 0. The fourth-order valence-electron chi connectivity index (χ4n) is 17.6. The van der Waals surface area contributed by atoms with Crippen LogP contribution in [0, 0.1) is 0 Å². The van der Waals surface area contributed by atoms with Gasteiger partial charge in [-0.05, 0) is 181 Å². The van der Waals surface area contributed by atoms with Gasteiger partial charge in [0, 0.05) is 55.0 Å². The van der Waals surface area contributed by atoms with Crippen LogP contribution in [0.5, 0.6) is 0 Å². The highest BCUT2D eigenvalue weighted by Gasteiger charge is 2.36. The van der Waals surface area contributed by atoms with Crippen LogP contribution in [0.4, 0.5) is 0 Å². The van der Waals surface area contributed by atoms with Crippen LogP contribution in [0.1, 0.15) is 25.0 Å². The van der Waals surface area contributed by atoms with Crippen molar-refractivity contribution < 1.29 is 0 Å². The number of hydrogen-bond acceptors (Lipinski definition) is 6. The van der Waals surface area contributed by atoms with Gasteiger partial charge in [0.1, 0.15) is 0 Å². The first kappa shape index (κ1) is 71.3. The van der Waals surface area contributed by atoms with Crippen molar-refractivity contribution >= 4 is 86.6 Å². The fourth-order valence-corrected chi connectivity index (χ4v) is 17.6. The maximum atomic E-state index is 5.10. The van der Waals surface area contributed by atoms with E-state index < -0.39 is 0 Å². The van der Waals surface area contributed by atoms with E-state index in [0.717, 1.165) is 112 Å². The van der Waals surface area contributed by atoms with Gasteiger partial charge in [-0.15, -0.1) is 0 Å². The third-order valence-electron chi connectivity index (χ3n) is 23.6. The number of aromatic nitrogens is 6. The first-order chi connectivity index (χ1) is 58.7. The summed E-state index contributed by atoms with van der Waals surface area (Å²) in [6.07, 6.45) is 0. The van der Waals surface area contributed by atoms with E-state index >= 15 is 0 Å². The molecule has 0 unspecified atom stereocenters. The minimum atomic E-state index is -0.0789. The number of fused-ring (bicyclic) bond motifs is 14. The molecule has 0 bridgehead atoms. The molecule has 22 aromatic rings. The van der Waals surface area contributed by atoms with Crippen molar-refractivity contribution in [2.24, 2.45) is 0 Å². The molecule has 1 aliphatic rings. The lowest BCUT2D eigenvalue weighted by Gasteiger charge is -2.22. The van der Waals surface area contributed by atoms with Crippen LogP contribution in [0.25, 0.3) is 210 Å². The Labute approximate surface area is 690 Å². The van der Waals surface area contributed by atoms with Gasteiger partial charge in [0.15, 0.2) is 17.5 Å². The minimum Gasteiger partial charge on any atom is -0.228 e. The van der Waals surface area contributed by atoms with Gasteiger partial charge in [-0.3, -0.25) is 0 Å². The second kappa shape index (κ2) is 30.4. The van der Waals surface area contributed by atoms with E-state index in [1.165, 1.54) is 109 Å². The maximum Gasteiger partial charge on any atom is 0.160 e. The number of hydrogen-bond donors (Lipinski definition) is 0. The van der Waals surface area contributed by atoms with Crippen LogP contribution < -0.4 is 0 Å². The molecule has 0 aliphatic heterocycles. The molecule has 0 radical (unpaired) electrons. The molecule has 0 amide bonds. The Bertz CT molecular complexity index is 7620. The Morgan fingerprint density at radius 3 is 0.857 bits per heavy atom. The van der Waals surface area contributed by atoms with Crippen LogP contribution in [0.3, 0.4) is 0 Å². The summed E-state index contributed by atoms with van der Waals surface area (Å²) in [6, 6.07) is 150. The van der Waals surface area contributed by atoms with Crippen molar-refractivity contribution in [3.8, 4) is 124 Å². The summed E-state index contributed by atoms with van der Waals surface area (Å²) in [5, 5.41) is 15.9. The first-order valence-electron chi connectivity index (χ1n) is 40.6. The van der Waals surface area contributed by atoms with Crippen molar-refractivity contribution in [3.63, 3.8) is 0 Å². The van der Waals surface area contributed by atoms with Gasteiger partial charge in [0.05, 0.1) is 33.6 Å². The predicted molar refractivity (Wildman–Crippen MR) is 498 cm³/mol. The zero-order valence-corrected chi connectivity index (χ0v) is 65.6. The van der Waals surface area contributed by atoms with Gasteiger partial charge >= 0.3 is 0 Å². The van der Waals surface area contributed by atoms with Crippen molar-refractivity contribution in [1.82, 2.24) is 29.9 Å². The van der Waals surface area contributed by atoms with Gasteiger partial charge < -0.3 is 0 Å². The molecule has 6 nitrogen and oxygen atoms in total. The van der Waals surface area contributed by atoms with Gasteiger partial charge in [-0.25, -0.2) is 29.9 Å². The molecule has 558 valence electrons. The van der Waals surface area contributed by atoms with Gasteiger partial charge in [-0.1, -0.05) is 378 Å². The number of benzene rings is 19. The average Bonchev–Trinajstić information content (AvgIpc) is 1.61. The van der Waals surface area contributed by atoms with Crippen molar-refractivity contribution in [2.45, 2.75) is 19.3 Å². The van der Waals surface area contributed by atoms with E-state index in [2.05, 4.69) is 366 Å². The van der Waals surface area contributed by atoms with Crippen LogP contribution >= 0.6 is 0 Å². The summed E-state index contributed by atoms with van der Waals surface area (Å²) in [4.78, 5) is 30.2. The minimum absolute atomic E-state index is 0.0789. The molecule has 119 heavy (non-hydrogen) atoms. The summed E-state index contributed by atoms with van der Waals surface area (Å²) in [7, 11) is 0. The molecule has 0 fully saturated rings. The maximum absolute atomic E-state index is 5.10. The fraction of sp³-hybridized carbons (Fsp3) is 0.0265. The molecule has 3 heterocycles. The van der Waals surface area contributed by atoms with Crippen LogP contribution in [-0.2, 0) is 5.41 Å². The zero-order chi connectivity index (χ0) is 79.3. The van der Waals surface area contributed by atoms with Crippen LogP contribution in [0.15, 0.2) is 425 Å². The third kappa shape index (κ3) is 13.3. The molecule has 1 aliphatic carbocycles. The second-order valence-electron chi connectivity index (χ2n) is 31.1. The lowest BCUT2D eigenvalue weighted by atomic mass is 9.81. The zero-order valence-electron chi connectivity index (χ0n) is 65.6. The number of rotatable bonds is 10. The van der Waals surface area contributed by atoms with Crippen molar-refractivity contribution in [2.75, 3.05) is 0 Å². The average molecular weight is 1520 g/mol. The predicted octanol–water partition coefficient (Wildman–Crippen LogP) is 29.6. The highest BCUT2D eigenvalue weighted by atomic mass is 14.9. The molecule has 6 heteroatoms. The Hall–Kier alpha value is -15.5. The van der Waals surface area contributed by atoms with E-state index in [0.29, 0.717) is 0 Å². The van der Waals surface area contributed by atoms with Gasteiger partial charge in [0.2, 0.25) is 0 Å². The Morgan fingerprint density at radius 2 is 0.437 bits per heavy atom. The SMILES string of the molecule is CC1(C)c2cc(-c3ccc4nc(-c5ccccc5)nc(-c5ccccc5)c4c3)ccc2-c2cc3ccccc3cc21.c1ccc(-c2nc(-c3ccccc3)c3cc(-c4ccc(-c5ccccc5)c5ccccc45)ccc3n2)cc1.c1ccc(-c2nc(-c3ccccc3)c3cc(-c4ccc5c6ccccc6c6ccccc6c5c4)ccc3n2)cc1. The van der Waals surface area contributed by atoms with E-state index in [4.69, 9.17) is 29.9 Å². The molecule has 0 N–H and O–H groups in total. The molecule has 0 atom stereocenters. The Kier molecular flexibility index (Phi) is 18.2. The molecule has 0 spiro atoms.